The van der Waals surface area contributed by atoms with Gasteiger partial charge >= 0.3 is 0 Å². The zero-order valence-corrected chi connectivity index (χ0v) is 33.4. The van der Waals surface area contributed by atoms with E-state index in [1.807, 2.05) is 0 Å². The van der Waals surface area contributed by atoms with Crippen LogP contribution in [0.1, 0.15) is 12.8 Å². The van der Waals surface area contributed by atoms with E-state index < -0.39 is 49.1 Å². The maximum atomic E-state index is 2.97. The summed E-state index contributed by atoms with van der Waals surface area (Å²) in [7, 11) is -7.81. The summed E-state index contributed by atoms with van der Waals surface area (Å²) in [6, 6.07) is 12.9. The highest BCUT2D eigenvalue weighted by molar-refractivity contribution is 6.92. The molecule has 0 atom stereocenters. The van der Waals surface area contributed by atoms with E-state index in [2.05, 4.69) is 137 Å². The highest BCUT2D eigenvalue weighted by atomic mass is 28.4. The normalized spacial score (nSPS) is 14.7. The summed E-state index contributed by atoms with van der Waals surface area (Å²) in [5, 5.41) is 3.32. The van der Waals surface area contributed by atoms with Crippen LogP contribution in [-0.4, -0.2) is 70.6 Å². The van der Waals surface area contributed by atoms with Crippen molar-refractivity contribution in [2.45, 2.75) is 130 Å². The van der Waals surface area contributed by atoms with Crippen molar-refractivity contribution in [3.8, 4) is 0 Å². The smallest absolute Gasteiger partial charge is 0.112 e. The first-order valence-electron chi connectivity index (χ1n) is 14.6. The summed E-state index contributed by atoms with van der Waals surface area (Å²) in [6.45, 7) is 43.4. The first-order chi connectivity index (χ1) is 15.9. The van der Waals surface area contributed by atoms with Crippen LogP contribution in [0, 0.1) is 0 Å². The highest BCUT2D eigenvalue weighted by Gasteiger charge is 2.36. The Kier molecular flexibility index (Phi) is 11.8. The lowest BCUT2D eigenvalue weighted by Gasteiger charge is -2.44. The van der Waals surface area contributed by atoms with Crippen molar-refractivity contribution in [2.75, 3.05) is 13.1 Å². The van der Waals surface area contributed by atoms with Gasteiger partial charge in [0.1, 0.15) is 32.9 Å². The predicted octanol–water partition coefficient (Wildman–Crippen LogP) is 8.24. The van der Waals surface area contributed by atoms with Crippen molar-refractivity contribution in [3.05, 3.63) is 24.3 Å². The standard InChI is InChI=1S/C28H64N2Si6/c1-31(2,3)29(32(4,5)6)23-17-25-35(13,14)27-19-21-28(22-20-27)36(15,16)26-18-24-30(33(7,8)9)34(10,11)12/h19-22H,17-18,23-26H2,1-16H3. The molecule has 0 heterocycles. The summed E-state index contributed by atoms with van der Waals surface area (Å²) in [5.74, 6) is 0. The minimum absolute atomic E-state index is 1.25. The van der Waals surface area contributed by atoms with Crippen LogP contribution in [0.25, 0.3) is 0 Å². The van der Waals surface area contributed by atoms with Gasteiger partial charge < -0.3 is 8.46 Å². The van der Waals surface area contributed by atoms with Crippen LogP contribution in [0.4, 0.5) is 0 Å². The van der Waals surface area contributed by atoms with Crippen LogP contribution >= 0.6 is 0 Å². The molecule has 0 unspecified atom stereocenters. The van der Waals surface area contributed by atoms with Gasteiger partial charge in [-0.2, -0.15) is 0 Å². The number of hydrogen-bond acceptors (Lipinski definition) is 2. The molecular weight excluding hydrogens is 533 g/mol. The van der Waals surface area contributed by atoms with Gasteiger partial charge in [0.15, 0.2) is 0 Å². The molecule has 36 heavy (non-hydrogen) atoms. The van der Waals surface area contributed by atoms with Gasteiger partial charge in [-0.25, -0.2) is 0 Å². The van der Waals surface area contributed by atoms with Crippen LogP contribution in [0.5, 0.6) is 0 Å². The fourth-order valence-corrected chi connectivity index (χ4v) is 30.6. The molecule has 1 aromatic rings. The molecular formula is C28H64N2Si6. The number of benzene rings is 1. The second-order valence-electron chi connectivity index (χ2n) is 16.5. The minimum Gasteiger partial charge on any atom is -0.346 e. The van der Waals surface area contributed by atoms with Crippen LogP contribution in [0.2, 0.25) is 117 Å². The van der Waals surface area contributed by atoms with Crippen LogP contribution < -0.4 is 10.4 Å². The summed E-state index contributed by atoms with van der Waals surface area (Å²) < 4.78 is 5.93. The zero-order valence-electron chi connectivity index (χ0n) is 27.4. The van der Waals surface area contributed by atoms with E-state index in [1.165, 1.54) is 38.0 Å². The van der Waals surface area contributed by atoms with Gasteiger partial charge in [-0.3, -0.25) is 0 Å². The molecule has 8 heteroatoms. The molecule has 0 N–H and O–H groups in total. The Bertz CT molecular complexity index is 712. The number of nitrogens with zero attached hydrogens (tertiary/aromatic N) is 2. The van der Waals surface area contributed by atoms with Gasteiger partial charge in [0.25, 0.3) is 0 Å². The predicted molar refractivity (Wildman–Crippen MR) is 186 cm³/mol. The van der Waals surface area contributed by atoms with Gasteiger partial charge in [-0.1, -0.05) is 151 Å². The second-order valence-corrected chi connectivity index (χ2v) is 46.6. The fraction of sp³-hybridized carbons (Fsp3) is 0.786. The SMILES string of the molecule is C[Si](C)(CCCN([Si](C)(C)C)[Si](C)(C)C)c1ccc([Si](C)(C)CCCN([Si](C)(C)C)[Si](C)(C)C)cc1. The average molecular weight is 597 g/mol. The maximum Gasteiger partial charge on any atom is 0.112 e. The molecule has 2 nitrogen and oxygen atoms in total. The van der Waals surface area contributed by atoms with E-state index in [0.29, 0.717) is 0 Å². The van der Waals surface area contributed by atoms with E-state index in [-0.39, 0.29) is 0 Å². The van der Waals surface area contributed by atoms with E-state index in [0.717, 1.165) is 0 Å². The fourth-order valence-electron chi connectivity index (χ4n) is 6.37. The third-order valence-electron chi connectivity index (χ3n) is 8.05. The quantitative estimate of drug-likeness (QED) is 0.200. The van der Waals surface area contributed by atoms with E-state index in [1.54, 1.807) is 10.4 Å². The van der Waals surface area contributed by atoms with Gasteiger partial charge in [-0.15, -0.1) is 0 Å². The maximum absolute atomic E-state index is 2.97. The van der Waals surface area contributed by atoms with Crippen LogP contribution in [0.15, 0.2) is 24.3 Å². The average Bonchev–Trinajstić information content (AvgIpc) is 2.64. The molecule has 0 spiro atoms. The van der Waals surface area contributed by atoms with Crippen LogP contribution in [-0.2, 0) is 0 Å². The van der Waals surface area contributed by atoms with Gasteiger partial charge in [-0.05, 0) is 25.9 Å². The van der Waals surface area contributed by atoms with Gasteiger partial charge in [0.05, 0.1) is 16.1 Å². The molecule has 0 fully saturated rings. The molecule has 0 aliphatic carbocycles. The van der Waals surface area contributed by atoms with Crippen molar-refractivity contribution in [1.82, 2.24) is 8.46 Å². The lowest BCUT2D eigenvalue weighted by atomic mass is 10.4. The van der Waals surface area contributed by atoms with E-state index >= 15 is 0 Å². The summed E-state index contributed by atoms with van der Waals surface area (Å²) in [5.41, 5.74) is 0. The molecule has 0 aromatic heterocycles. The van der Waals surface area contributed by atoms with Crippen molar-refractivity contribution >= 4 is 59.5 Å². The molecule has 0 bridgehead atoms. The lowest BCUT2D eigenvalue weighted by Crippen LogP contribution is -2.59. The van der Waals surface area contributed by atoms with Crippen molar-refractivity contribution in [2.24, 2.45) is 0 Å². The Labute approximate surface area is 234 Å². The van der Waals surface area contributed by atoms with Crippen molar-refractivity contribution in [3.63, 3.8) is 0 Å². The zero-order chi connectivity index (χ0) is 28.4. The van der Waals surface area contributed by atoms with E-state index in [9.17, 15) is 0 Å². The summed E-state index contributed by atoms with van der Waals surface area (Å²) in [6.07, 6.45) is 2.72. The van der Waals surface area contributed by atoms with Gasteiger partial charge in [0.2, 0.25) is 0 Å². The Morgan fingerprint density at radius 1 is 0.417 bits per heavy atom. The third kappa shape index (κ3) is 10.5. The van der Waals surface area contributed by atoms with Crippen LogP contribution in [0.3, 0.4) is 0 Å². The topological polar surface area (TPSA) is 6.48 Å². The third-order valence-corrected chi connectivity index (χ3v) is 30.5. The molecule has 0 saturated carbocycles. The Morgan fingerprint density at radius 2 is 0.639 bits per heavy atom. The largest absolute Gasteiger partial charge is 0.346 e. The number of hydrogen-bond donors (Lipinski definition) is 0. The summed E-state index contributed by atoms with van der Waals surface area (Å²) >= 11 is 0. The number of rotatable bonds is 14. The highest BCUT2D eigenvalue weighted by Crippen LogP contribution is 2.24. The lowest BCUT2D eigenvalue weighted by molar-refractivity contribution is 0.599. The van der Waals surface area contributed by atoms with Crippen molar-refractivity contribution < 1.29 is 0 Å². The Balaban J connectivity index is 2.83. The summed E-state index contributed by atoms with van der Waals surface area (Å²) in [4.78, 5) is 0. The first-order valence-corrected chi connectivity index (χ1v) is 34.8. The minimum atomic E-state index is -1.41. The van der Waals surface area contributed by atoms with E-state index in [4.69, 9.17) is 0 Å². The monoisotopic (exact) mass is 596 g/mol. The molecule has 0 aliphatic rings. The Hall–Kier alpha value is 0.441. The Morgan fingerprint density at radius 3 is 0.833 bits per heavy atom. The molecule has 1 rings (SSSR count). The molecule has 210 valence electrons. The van der Waals surface area contributed by atoms with Crippen molar-refractivity contribution in [1.29, 1.82) is 0 Å². The first kappa shape index (κ1) is 34.5. The molecule has 0 aliphatic heterocycles. The molecule has 0 radical (unpaired) electrons. The van der Waals surface area contributed by atoms with Gasteiger partial charge in [0, 0.05) is 0 Å². The molecule has 1 aromatic carbocycles. The molecule has 0 saturated heterocycles. The molecule has 0 amide bonds. The second kappa shape index (κ2) is 12.3.